The molecule has 6 heteroatoms. The van der Waals surface area contributed by atoms with Crippen molar-refractivity contribution in [3.05, 3.63) is 71.8 Å². The summed E-state index contributed by atoms with van der Waals surface area (Å²) in [6.45, 7) is -0.292. The Hall–Kier alpha value is -3.15. The van der Waals surface area contributed by atoms with Crippen molar-refractivity contribution in [1.29, 1.82) is 0 Å². The first-order valence-corrected chi connectivity index (χ1v) is 9.56. The minimum Gasteiger partial charge on any atom is -0.346 e. The van der Waals surface area contributed by atoms with E-state index in [0.717, 1.165) is 31.2 Å². The van der Waals surface area contributed by atoms with E-state index in [9.17, 15) is 14.4 Å². The molecule has 0 aliphatic heterocycles. The average Bonchev–Trinajstić information content (AvgIpc) is 3.21. The number of carbonyl (C=O) groups excluding carboxylic acids is 3. The van der Waals surface area contributed by atoms with Gasteiger partial charge in [-0.2, -0.15) is 0 Å². The third-order valence-electron chi connectivity index (χ3n) is 5.05. The molecule has 0 saturated heterocycles. The second kappa shape index (κ2) is 9.17. The van der Waals surface area contributed by atoms with Gasteiger partial charge in [-0.25, -0.2) is 0 Å². The van der Waals surface area contributed by atoms with E-state index in [-0.39, 0.29) is 30.4 Å². The van der Waals surface area contributed by atoms with E-state index in [0.29, 0.717) is 5.56 Å². The second-order valence-corrected chi connectivity index (χ2v) is 7.03. The summed E-state index contributed by atoms with van der Waals surface area (Å²) in [6, 6.07) is 18.6. The Morgan fingerprint density at radius 3 is 1.96 bits per heavy atom. The Morgan fingerprint density at radius 1 is 0.750 bits per heavy atom. The number of carbonyl (C=O) groups is 3. The molecular weight excluding hydrogens is 354 g/mol. The largest absolute Gasteiger partial charge is 0.346 e. The van der Waals surface area contributed by atoms with Crippen molar-refractivity contribution < 1.29 is 14.4 Å². The molecule has 3 rings (SSSR count). The summed E-state index contributed by atoms with van der Waals surface area (Å²) < 4.78 is 0. The lowest BCUT2D eigenvalue weighted by atomic mass is 9.88. The fourth-order valence-electron chi connectivity index (χ4n) is 3.63. The number of hydrogen-bond acceptors (Lipinski definition) is 3. The van der Waals surface area contributed by atoms with Gasteiger partial charge in [-0.05, 0) is 30.5 Å². The fraction of sp³-hybridized carbons (Fsp3) is 0.318. The van der Waals surface area contributed by atoms with Gasteiger partial charge in [0.1, 0.15) is 0 Å². The predicted octanol–water partition coefficient (Wildman–Crippen LogP) is 2.12. The van der Waals surface area contributed by atoms with Crippen LogP contribution in [0.3, 0.4) is 0 Å². The molecule has 146 valence electrons. The van der Waals surface area contributed by atoms with Gasteiger partial charge < -0.3 is 16.0 Å². The molecule has 0 heterocycles. The highest BCUT2D eigenvalue weighted by atomic mass is 16.2. The topological polar surface area (TPSA) is 87.3 Å². The molecule has 1 aliphatic carbocycles. The van der Waals surface area contributed by atoms with Crippen LogP contribution >= 0.6 is 0 Å². The summed E-state index contributed by atoms with van der Waals surface area (Å²) in [5.41, 5.74) is 1.23. The third kappa shape index (κ3) is 4.97. The van der Waals surface area contributed by atoms with Gasteiger partial charge in [0.05, 0.1) is 18.6 Å². The Labute approximate surface area is 164 Å². The van der Waals surface area contributed by atoms with E-state index in [4.69, 9.17) is 0 Å². The molecule has 0 atom stereocenters. The highest BCUT2D eigenvalue weighted by Gasteiger charge is 2.36. The minimum absolute atomic E-state index is 0.116. The summed E-state index contributed by atoms with van der Waals surface area (Å²) in [6.07, 6.45) is 3.91. The van der Waals surface area contributed by atoms with Crippen LogP contribution in [0, 0.1) is 0 Å². The zero-order valence-corrected chi connectivity index (χ0v) is 15.7. The number of hydrogen-bond donors (Lipinski definition) is 3. The summed E-state index contributed by atoms with van der Waals surface area (Å²) in [5.74, 6) is -0.956. The van der Waals surface area contributed by atoms with Crippen molar-refractivity contribution in [2.75, 3.05) is 13.1 Å². The van der Waals surface area contributed by atoms with E-state index >= 15 is 0 Å². The van der Waals surface area contributed by atoms with E-state index in [1.165, 1.54) is 0 Å². The molecular formula is C22H25N3O3. The molecule has 1 saturated carbocycles. The molecule has 0 unspecified atom stereocenters. The van der Waals surface area contributed by atoms with Crippen LogP contribution in [-0.4, -0.2) is 30.8 Å². The van der Waals surface area contributed by atoms with Gasteiger partial charge in [-0.1, -0.05) is 61.4 Å². The Kier molecular flexibility index (Phi) is 6.42. The van der Waals surface area contributed by atoms with E-state index in [2.05, 4.69) is 16.0 Å². The zero-order chi connectivity index (χ0) is 19.8. The lowest BCUT2D eigenvalue weighted by Crippen LogP contribution is -2.49. The predicted molar refractivity (Wildman–Crippen MR) is 107 cm³/mol. The molecule has 3 amide bonds. The third-order valence-corrected chi connectivity index (χ3v) is 5.05. The first kappa shape index (κ1) is 19.6. The maximum atomic E-state index is 12.4. The molecule has 1 fully saturated rings. The quantitative estimate of drug-likeness (QED) is 0.689. The summed E-state index contributed by atoms with van der Waals surface area (Å²) in [7, 11) is 0. The first-order chi connectivity index (χ1) is 13.6. The summed E-state index contributed by atoms with van der Waals surface area (Å²) in [5, 5.41) is 8.23. The smallest absolute Gasteiger partial charge is 0.251 e. The standard InChI is InChI=1S/C22H25N3O3/c26-19(15-24-21(28)17-9-3-1-4-10-17)23-16-20(27)25-22(13-7-8-14-22)18-11-5-2-6-12-18/h1-6,9-12H,7-8,13-16H2,(H,23,26)(H,24,28)(H,25,27). The average molecular weight is 379 g/mol. The molecule has 0 radical (unpaired) electrons. The molecule has 0 spiro atoms. The van der Waals surface area contributed by atoms with Gasteiger partial charge in [0.15, 0.2) is 0 Å². The molecule has 2 aromatic rings. The van der Waals surface area contributed by atoms with Gasteiger partial charge in [0.25, 0.3) is 5.91 Å². The first-order valence-electron chi connectivity index (χ1n) is 9.56. The number of amides is 3. The Balaban J connectivity index is 1.47. The number of benzene rings is 2. The lowest BCUT2D eigenvalue weighted by Gasteiger charge is -2.31. The van der Waals surface area contributed by atoms with Crippen molar-refractivity contribution in [3.63, 3.8) is 0 Å². The van der Waals surface area contributed by atoms with Crippen molar-refractivity contribution >= 4 is 17.7 Å². The van der Waals surface area contributed by atoms with E-state index < -0.39 is 5.91 Å². The zero-order valence-electron chi connectivity index (χ0n) is 15.7. The van der Waals surface area contributed by atoms with E-state index in [1.807, 2.05) is 36.4 Å². The molecule has 28 heavy (non-hydrogen) atoms. The molecule has 3 N–H and O–H groups in total. The van der Waals surface area contributed by atoms with Gasteiger partial charge >= 0.3 is 0 Å². The SMILES string of the molecule is O=C(CNC(=O)c1ccccc1)NCC(=O)NC1(c2ccccc2)CCCC1. The normalized spacial score (nSPS) is 14.9. The monoisotopic (exact) mass is 379 g/mol. The lowest BCUT2D eigenvalue weighted by molar-refractivity contribution is -0.126. The van der Waals surface area contributed by atoms with Gasteiger partial charge in [-0.3, -0.25) is 14.4 Å². The van der Waals surface area contributed by atoms with Crippen molar-refractivity contribution in [3.8, 4) is 0 Å². The molecule has 6 nitrogen and oxygen atoms in total. The Bertz CT molecular complexity index is 815. The van der Waals surface area contributed by atoms with Crippen LogP contribution in [0.1, 0.15) is 41.6 Å². The van der Waals surface area contributed by atoms with Crippen LogP contribution in [0.15, 0.2) is 60.7 Å². The minimum atomic E-state index is -0.403. The highest BCUT2D eigenvalue weighted by Crippen LogP contribution is 2.38. The number of nitrogens with one attached hydrogen (secondary N) is 3. The summed E-state index contributed by atoms with van der Waals surface area (Å²) >= 11 is 0. The van der Waals surface area contributed by atoms with Crippen LogP contribution in [0.25, 0.3) is 0 Å². The molecule has 0 aromatic heterocycles. The van der Waals surface area contributed by atoms with Crippen LogP contribution in [0.5, 0.6) is 0 Å². The van der Waals surface area contributed by atoms with Crippen molar-refractivity contribution in [2.45, 2.75) is 31.2 Å². The fourth-order valence-corrected chi connectivity index (χ4v) is 3.63. The summed E-state index contributed by atoms with van der Waals surface area (Å²) in [4.78, 5) is 36.3. The maximum Gasteiger partial charge on any atom is 0.251 e. The van der Waals surface area contributed by atoms with Crippen LogP contribution < -0.4 is 16.0 Å². The molecule has 1 aliphatic rings. The van der Waals surface area contributed by atoms with Crippen LogP contribution in [-0.2, 0) is 15.1 Å². The Morgan fingerprint density at radius 2 is 1.32 bits per heavy atom. The second-order valence-electron chi connectivity index (χ2n) is 7.03. The van der Waals surface area contributed by atoms with Crippen molar-refractivity contribution in [1.82, 2.24) is 16.0 Å². The van der Waals surface area contributed by atoms with Gasteiger partial charge in [-0.15, -0.1) is 0 Å². The number of rotatable bonds is 7. The van der Waals surface area contributed by atoms with Crippen LogP contribution in [0.4, 0.5) is 0 Å². The van der Waals surface area contributed by atoms with Crippen molar-refractivity contribution in [2.24, 2.45) is 0 Å². The molecule has 0 bridgehead atoms. The van der Waals surface area contributed by atoms with Gasteiger partial charge in [0, 0.05) is 5.56 Å². The molecule has 2 aromatic carbocycles. The van der Waals surface area contributed by atoms with Crippen LogP contribution in [0.2, 0.25) is 0 Å². The van der Waals surface area contributed by atoms with Gasteiger partial charge in [0.2, 0.25) is 11.8 Å². The highest BCUT2D eigenvalue weighted by molar-refractivity contribution is 5.96. The maximum absolute atomic E-state index is 12.4. The van der Waals surface area contributed by atoms with E-state index in [1.54, 1.807) is 24.3 Å².